The first-order chi connectivity index (χ1) is 24.2. The van der Waals surface area contributed by atoms with Gasteiger partial charge < -0.3 is 44.0 Å². The van der Waals surface area contributed by atoms with Gasteiger partial charge in [0, 0.05) is 63.1 Å². The van der Waals surface area contributed by atoms with Crippen molar-refractivity contribution < 1.29 is 9.53 Å². The summed E-state index contributed by atoms with van der Waals surface area (Å²) in [6.45, 7) is 5.03. The van der Waals surface area contributed by atoms with Crippen LogP contribution in [0, 0.1) is 0 Å². The number of carbonyl (C=O) groups excluding carboxylic acids is 1. The van der Waals surface area contributed by atoms with Gasteiger partial charge in [-0.2, -0.15) is 0 Å². The first-order valence-electron chi connectivity index (χ1n) is 16.9. The number of fused-ring (bicyclic) bond motifs is 2. The fourth-order valence-corrected chi connectivity index (χ4v) is 6.19. The number of carbonyl (C=O) groups is 1. The predicted octanol–water partition coefficient (Wildman–Crippen LogP) is 8.55. The molecular formula is C40H49N7O2S. The van der Waals surface area contributed by atoms with Crippen molar-refractivity contribution in [1.29, 1.82) is 0 Å². The summed E-state index contributed by atoms with van der Waals surface area (Å²) >= 11 is 1.69. The van der Waals surface area contributed by atoms with Gasteiger partial charge in [0.25, 0.3) is 0 Å². The van der Waals surface area contributed by atoms with Gasteiger partial charge in [-0.05, 0) is 79.9 Å². The second kappa shape index (κ2) is 18.8. The average Bonchev–Trinajstić information content (AvgIpc) is 3.84. The maximum absolute atomic E-state index is 11.5. The van der Waals surface area contributed by atoms with Gasteiger partial charge in [0.2, 0.25) is 0 Å². The summed E-state index contributed by atoms with van der Waals surface area (Å²) in [6, 6.07) is 33.9. The Morgan fingerprint density at radius 2 is 1.08 bits per heavy atom. The molecule has 6 aromatic rings. The fourth-order valence-electron chi connectivity index (χ4n) is 5.36. The maximum Gasteiger partial charge on any atom is 0.338 e. The highest BCUT2D eigenvalue weighted by Crippen LogP contribution is 2.30. The van der Waals surface area contributed by atoms with E-state index >= 15 is 0 Å². The number of nitrogen functional groups attached to an aromatic ring is 6. The zero-order valence-electron chi connectivity index (χ0n) is 28.7. The van der Waals surface area contributed by atoms with Gasteiger partial charge in [-0.25, -0.2) is 4.79 Å². The molecule has 0 atom stereocenters. The molecule has 0 spiro atoms. The molecule has 0 radical (unpaired) electrons. The van der Waals surface area contributed by atoms with E-state index in [4.69, 9.17) is 39.1 Å². The van der Waals surface area contributed by atoms with Gasteiger partial charge >= 0.3 is 5.97 Å². The summed E-state index contributed by atoms with van der Waals surface area (Å²) < 4.78 is 5.09. The van der Waals surface area contributed by atoms with Gasteiger partial charge in [0.15, 0.2) is 0 Å². The van der Waals surface area contributed by atoms with Crippen LogP contribution in [0.1, 0.15) is 49.4 Å². The van der Waals surface area contributed by atoms with E-state index in [9.17, 15) is 4.79 Å². The van der Waals surface area contributed by atoms with Gasteiger partial charge in [-0.1, -0.05) is 68.3 Å². The molecule has 12 N–H and O–H groups in total. The maximum atomic E-state index is 11.5. The van der Waals surface area contributed by atoms with Crippen molar-refractivity contribution >= 4 is 77.3 Å². The van der Waals surface area contributed by atoms with Crippen molar-refractivity contribution in [2.75, 3.05) is 59.0 Å². The Bertz CT molecular complexity index is 1790. The van der Waals surface area contributed by atoms with E-state index in [0.29, 0.717) is 17.9 Å². The van der Waals surface area contributed by atoms with Crippen LogP contribution in [0.2, 0.25) is 0 Å². The molecule has 262 valence electrons. The van der Waals surface area contributed by atoms with Crippen LogP contribution in [0.15, 0.2) is 109 Å². The molecule has 0 amide bonds. The third kappa shape index (κ3) is 10.7. The number of hydrogen-bond donors (Lipinski definition) is 6. The largest absolute Gasteiger partial charge is 0.462 e. The highest BCUT2D eigenvalue weighted by molar-refractivity contribution is 7.19. The number of hydrogen-bond acceptors (Lipinski definition) is 10. The summed E-state index contributed by atoms with van der Waals surface area (Å²) in [5.74, 6) is -0.272. The molecule has 1 aromatic heterocycles. The summed E-state index contributed by atoms with van der Waals surface area (Å²) in [4.78, 5) is 13.9. The molecule has 50 heavy (non-hydrogen) atoms. The van der Waals surface area contributed by atoms with Crippen LogP contribution in [0.5, 0.6) is 0 Å². The average molecular weight is 692 g/mol. The molecule has 1 aliphatic heterocycles. The Kier molecular flexibility index (Phi) is 14.0. The van der Waals surface area contributed by atoms with Crippen LogP contribution in [0.25, 0.3) is 21.5 Å². The normalized spacial score (nSPS) is 11.8. The Balaban J connectivity index is 0.000000151. The second-order valence-corrected chi connectivity index (χ2v) is 13.0. The first-order valence-corrected chi connectivity index (χ1v) is 17.7. The molecule has 1 aliphatic rings. The number of rotatable bonds is 6. The number of unbranched alkanes of at least 4 members (excludes halogenated alkanes) is 2. The van der Waals surface area contributed by atoms with Crippen molar-refractivity contribution in [3.63, 3.8) is 0 Å². The van der Waals surface area contributed by atoms with Gasteiger partial charge in [-0.3, -0.25) is 0 Å². The second-order valence-electron chi connectivity index (χ2n) is 11.9. The summed E-state index contributed by atoms with van der Waals surface area (Å²) in [5.41, 5.74) is 38.5. The predicted molar refractivity (Wildman–Crippen MR) is 216 cm³/mol. The van der Waals surface area contributed by atoms with Crippen molar-refractivity contribution in [3.8, 4) is 0 Å². The molecule has 0 saturated carbocycles. The zero-order chi connectivity index (χ0) is 35.9. The molecule has 5 aromatic carbocycles. The third-order valence-corrected chi connectivity index (χ3v) is 9.12. The highest BCUT2D eigenvalue weighted by Gasteiger charge is 2.13. The van der Waals surface area contributed by atoms with Crippen LogP contribution in [0.3, 0.4) is 0 Å². The quantitative estimate of drug-likeness (QED) is 0.0565. The molecule has 10 heteroatoms. The van der Waals surface area contributed by atoms with Gasteiger partial charge in [-0.15, -0.1) is 11.3 Å². The van der Waals surface area contributed by atoms with E-state index in [0.717, 1.165) is 68.6 Å². The van der Waals surface area contributed by atoms with Crippen molar-refractivity contribution in [1.82, 2.24) is 0 Å². The molecule has 2 heterocycles. The minimum Gasteiger partial charge on any atom is -0.462 e. The lowest BCUT2D eigenvalue weighted by molar-refractivity contribution is 0.0498. The van der Waals surface area contributed by atoms with E-state index < -0.39 is 0 Å². The minimum atomic E-state index is -0.272. The van der Waals surface area contributed by atoms with Crippen LogP contribution in [0.4, 0.5) is 38.4 Å². The Hall–Kier alpha value is -5.61. The zero-order valence-corrected chi connectivity index (χ0v) is 29.5. The Morgan fingerprint density at radius 1 is 0.620 bits per heavy atom. The molecule has 7 rings (SSSR count). The van der Waals surface area contributed by atoms with E-state index in [-0.39, 0.29) is 5.97 Å². The standard InChI is InChI=1S/C12H17NO2.2C10H10N2.C8H12N2S/c1-2-3-4-9-15-12(14)10-5-7-11(13)8-6-10;2*11-9-5-6-10(12)8-4-2-1-3-7(8)9;9-7-3-4-8(11-7)10-5-1-2-6-10/h5-8H,2-4,9,13H2,1H3;2*1-6H,11-12H2;3-4H,1-2,5-6,9H2. The molecule has 9 nitrogen and oxygen atoms in total. The van der Waals surface area contributed by atoms with Crippen LogP contribution in [-0.4, -0.2) is 25.7 Å². The SMILES string of the molecule is CCCCCOC(=O)c1ccc(N)cc1.Nc1ccc(N)c2ccccc12.Nc1ccc(N)c2ccccc12.Nc1ccc(N2CCCC2)s1. The van der Waals surface area contributed by atoms with E-state index in [1.165, 1.54) is 30.9 Å². The van der Waals surface area contributed by atoms with Crippen LogP contribution >= 0.6 is 11.3 Å². The lowest BCUT2D eigenvalue weighted by Crippen LogP contribution is -2.15. The van der Waals surface area contributed by atoms with E-state index in [2.05, 4.69) is 17.9 Å². The summed E-state index contributed by atoms with van der Waals surface area (Å²) in [7, 11) is 0. The number of nitrogens with zero attached hydrogens (tertiary/aromatic N) is 1. The molecule has 1 saturated heterocycles. The Morgan fingerprint density at radius 3 is 1.48 bits per heavy atom. The van der Waals surface area contributed by atoms with Crippen molar-refractivity contribution in [2.24, 2.45) is 0 Å². The summed E-state index contributed by atoms with van der Waals surface area (Å²) in [5, 5.41) is 6.36. The molecule has 1 fully saturated rings. The fraction of sp³-hybridized carbons (Fsp3) is 0.225. The van der Waals surface area contributed by atoms with E-state index in [1.807, 2.05) is 78.9 Å². The highest BCUT2D eigenvalue weighted by atomic mass is 32.1. The molecular weight excluding hydrogens is 643 g/mol. The first kappa shape index (κ1) is 37.2. The lowest BCUT2D eigenvalue weighted by atomic mass is 10.1. The number of esters is 1. The van der Waals surface area contributed by atoms with Crippen LogP contribution in [-0.2, 0) is 4.74 Å². The van der Waals surface area contributed by atoms with Crippen molar-refractivity contribution in [2.45, 2.75) is 39.0 Å². The number of benzene rings is 5. The van der Waals surface area contributed by atoms with E-state index in [1.54, 1.807) is 35.6 Å². The third-order valence-electron chi connectivity index (χ3n) is 8.14. The number of nitrogens with two attached hydrogens (primary N) is 6. The molecule has 0 aliphatic carbocycles. The molecule has 0 unspecified atom stereocenters. The smallest absolute Gasteiger partial charge is 0.338 e. The minimum absolute atomic E-state index is 0.272. The van der Waals surface area contributed by atoms with Gasteiger partial charge in [0.05, 0.1) is 22.2 Å². The van der Waals surface area contributed by atoms with Crippen LogP contribution < -0.4 is 39.3 Å². The molecule has 0 bridgehead atoms. The Labute approximate surface area is 298 Å². The topological polar surface area (TPSA) is 186 Å². The monoisotopic (exact) mass is 691 g/mol. The summed E-state index contributed by atoms with van der Waals surface area (Å²) in [6.07, 6.45) is 5.81. The number of ether oxygens (including phenoxy) is 1. The number of thiophene rings is 1. The van der Waals surface area contributed by atoms with Crippen molar-refractivity contribution in [3.05, 3.63) is 115 Å². The number of anilines is 7. The van der Waals surface area contributed by atoms with Gasteiger partial charge in [0.1, 0.15) is 0 Å². The lowest BCUT2D eigenvalue weighted by Gasteiger charge is -2.13.